The average Bonchev–Trinajstić information content (AvgIpc) is 2.79. The number of hydroxylamine groups is 2. The molecule has 0 aromatic heterocycles. The van der Waals surface area contributed by atoms with Crippen LogP contribution in [0.25, 0.3) is 0 Å². The summed E-state index contributed by atoms with van der Waals surface area (Å²) in [5.41, 5.74) is 0.692. The number of amides is 2. The second-order valence-corrected chi connectivity index (χ2v) is 7.59. The van der Waals surface area contributed by atoms with Gasteiger partial charge in [0, 0.05) is 6.26 Å². The molecule has 25 heavy (non-hydrogen) atoms. The molecule has 0 atom stereocenters. The molecule has 1 aliphatic rings. The Balaban J connectivity index is 1.92. The number of fused-ring (bicyclic) bond motifs is 1. The summed E-state index contributed by atoms with van der Waals surface area (Å²) in [6.45, 7) is 1.59. The first-order chi connectivity index (χ1) is 11.7. The Morgan fingerprint density at radius 3 is 2.08 bits per heavy atom. The Kier molecular flexibility index (Phi) is 3.92. The van der Waals surface area contributed by atoms with Gasteiger partial charge < -0.3 is 4.84 Å². The lowest BCUT2D eigenvalue weighted by Crippen LogP contribution is -2.33. The van der Waals surface area contributed by atoms with E-state index in [0.717, 1.165) is 12.3 Å². The highest BCUT2D eigenvalue weighted by molar-refractivity contribution is 7.90. The van der Waals surface area contributed by atoms with Gasteiger partial charge in [0.05, 0.1) is 21.6 Å². The Morgan fingerprint density at radius 2 is 1.56 bits per heavy atom. The summed E-state index contributed by atoms with van der Waals surface area (Å²) < 4.78 is 23.3. The van der Waals surface area contributed by atoms with Crippen LogP contribution in [0.1, 0.15) is 36.6 Å². The summed E-state index contributed by atoms with van der Waals surface area (Å²) in [5, 5.41) is 0.388. The van der Waals surface area contributed by atoms with Crippen LogP contribution in [0.5, 0.6) is 0 Å². The lowest BCUT2D eigenvalue weighted by molar-refractivity contribution is -0.0585. The molecule has 0 fully saturated rings. The fourth-order valence-electron chi connectivity index (χ4n) is 2.43. The normalized spacial score (nSPS) is 13.8. The molecule has 128 valence electrons. The summed E-state index contributed by atoms with van der Waals surface area (Å²) >= 11 is 0. The zero-order chi connectivity index (χ0) is 18.4. The number of benzene rings is 2. The van der Waals surface area contributed by atoms with Crippen LogP contribution < -0.4 is 0 Å². The molecule has 0 aliphatic carbocycles. The highest BCUT2D eigenvalue weighted by Crippen LogP contribution is 2.24. The van der Waals surface area contributed by atoms with Crippen molar-refractivity contribution in [1.29, 1.82) is 0 Å². The number of hydrogen-bond acceptors (Lipinski definition) is 6. The van der Waals surface area contributed by atoms with Crippen molar-refractivity contribution in [2.45, 2.75) is 11.8 Å². The zero-order valence-corrected chi connectivity index (χ0v) is 14.2. The van der Waals surface area contributed by atoms with Crippen LogP contribution >= 0.6 is 0 Å². The molecule has 2 amide bonds. The molecular weight excluding hydrogens is 346 g/mol. The number of imide groups is 1. The van der Waals surface area contributed by atoms with Crippen molar-refractivity contribution in [2.24, 2.45) is 0 Å². The molecule has 3 rings (SSSR count). The van der Waals surface area contributed by atoms with Crippen LogP contribution in [-0.2, 0) is 14.7 Å². The quantitative estimate of drug-likeness (QED) is 0.775. The largest absolute Gasteiger partial charge is 0.364 e. The summed E-state index contributed by atoms with van der Waals surface area (Å²) in [4.78, 5) is 41.7. The first-order valence-electron chi connectivity index (χ1n) is 7.21. The van der Waals surface area contributed by atoms with Crippen molar-refractivity contribution in [1.82, 2.24) is 5.06 Å². The maximum Gasteiger partial charge on any atom is 0.364 e. The van der Waals surface area contributed by atoms with Crippen LogP contribution in [0, 0.1) is 6.92 Å². The Bertz CT molecular complexity index is 990. The topological polar surface area (TPSA) is 97.8 Å². The summed E-state index contributed by atoms with van der Waals surface area (Å²) in [5.74, 6) is -2.48. The van der Waals surface area contributed by atoms with Crippen molar-refractivity contribution < 1.29 is 27.6 Å². The van der Waals surface area contributed by atoms with E-state index in [9.17, 15) is 22.8 Å². The minimum Gasteiger partial charge on any atom is -0.324 e. The van der Waals surface area contributed by atoms with Gasteiger partial charge >= 0.3 is 5.97 Å². The van der Waals surface area contributed by atoms with Crippen molar-refractivity contribution >= 4 is 27.6 Å². The molecule has 0 N–H and O–H groups in total. The van der Waals surface area contributed by atoms with Crippen LogP contribution in [-0.4, -0.2) is 37.5 Å². The molecule has 7 nitrogen and oxygen atoms in total. The monoisotopic (exact) mass is 359 g/mol. The first-order valence-corrected chi connectivity index (χ1v) is 9.10. The third-order valence-electron chi connectivity index (χ3n) is 3.79. The molecule has 0 spiro atoms. The lowest BCUT2D eigenvalue weighted by Gasteiger charge is -2.14. The minimum atomic E-state index is -3.52. The number of aryl methyl sites for hydroxylation is 1. The Hall–Kier alpha value is -3.00. The third-order valence-corrected chi connectivity index (χ3v) is 4.90. The standard InChI is InChI=1S/C17H13NO6S/c1-10-7-8-11(25(2,22)23)9-14(10)17(21)24-18-15(19)12-5-3-4-6-13(12)16(18)20/h3-9H,1-2H3. The van der Waals surface area contributed by atoms with Crippen molar-refractivity contribution in [3.63, 3.8) is 0 Å². The van der Waals surface area contributed by atoms with Gasteiger partial charge in [-0.1, -0.05) is 23.3 Å². The van der Waals surface area contributed by atoms with Crippen LogP contribution in [0.15, 0.2) is 47.4 Å². The second kappa shape index (κ2) is 5.82. The predicted molar refractivity (Wildman–Crippen MR) is 86.6 cm³/mol. The van der Waals surface area contributed by atoms with Gasteiger partial charge in [-0.3, -0.25) is 9.59 Å². The fraction of sp³-hybridized carbons (Fsp3) is 0.118. The third kappa shape index (κ3) is 2.91. The Labute approximate surface area is 143 Å². The molecule has 0 saturated heterocycles. The maximum absolute atomic E-state index is 12.4. The van der Waals surface area contributed by atoms with E-state index in [-0.39, 0.29) is 21.6 Å². The van der Waals surface area contributed by atoms with Crippen LogP contribution in [0.4, 0.5) is 0 Å². The van der Waals surface area contributed by atoms with Crippen LogP contribution in [0.3, 0.4) is 0 Å². The minimum absolute atomic E-state index is 0.0421. The number of carbonyl (C=O) groups excluding carboxylic acids is 3. The predicted octanol–water partition coefficient (Wildman–Crippen LogP) is 1.77. The molecule has 2 aromatic carbocycles. The maximum atomic E-state index is 12.4. The van der Waals surface area contributed by atoms with Crippen molar-refractivity contribution in [3.8, 4) is 0 Å². The summed E-state index contributed by atoms with van der Waals surface area (Å²) in [6, 6.07) is 10.1. The highest BCUT2D eigenvalue weighted by atomic mass is 32.2. The molecule has 2 aromatic rings. The van der Waals surface area contributed by atoms with Gasteiger partial charge in [0.15, 0.2) is 9.84 Å². The lowest BCUT2D eigenvalue weighted by atomic mass is 10.1. The van der Waals surface area contributed by atoms with E-state index >= 15 is 0 Å². The summed E-state index contributed by atoms with van der Waals surface area (Å²) in [7, 11) is -3.52. The van der Waals surface area contributed by atoms with E-state index in [4.69, 9.17) is 4.84 Å². The van der Waals surface area contributed by atoms with Gasteiger partial charge in [-0.05, 0) is 36.8 Å². The molecule has 1 aliphatic heterocycles. The van der Waals surface area contributed by atoms with E-state index < -0.39 is 27.6 Å². The molecule has 0 bridgehead atoms. The van der Waals surface area contributed by atoms with Gasteiger partial charge in [0.1, 0.15) is 0 Å². The molecule has 0 unspecified atom stereocenters. The number of sulfone groups is 1. The van der Waals surface area contributed by atoms with Gasteiger partial charge in [-0.25, -0.2) is 13.2 Å². The Morgan fingerprint density at radius 1 is 1.00 bits per heavy atom. The number of hydrogen-bond donors (Lipinski definition) is 0. The van der Waals surface area contributed by atoms with Gasteiger partial charge in [-0.2, -0.15) is 0 Å². The molecule has 1 heterocycles. The van der Waals surface area contributed by atoms with Crippen molar-refractivity contribution in [3.05, 3.63) is 64.7 Å². The molecular formula is C17H13NO6S. The van der Waals surface area contributed by atoms with Gasteiger partial charge in [0.2, 0.25) is 0 Å². The van der Waals surface area contributed by atoms with E-state index in [2.05, 4.69) is 0 Å². The van der Waals surface area contributed by atoms with E-state index in [0.29, 0.717) is 10.6 Å². The molecule has 8 heteroatoms. The smallest absolute Gasteiger partial charge is 0.324 e. The van der Waals surface area contributed by atoms with E-state index in [1.54, 1.807) is 19.1 Å². The number of rotatable bonds is 3. The number of nitrogens with zero attached hydrogens (tertiary/aromatic N) is 1. The second-order valence-electron chi connectivity index (χ2n) is 5.58. The summed E-state index contributed by atoms with van der Waals surface area (Å²) in [6.07, 6.45) is 1.01. The molecule has 0 saturated carbocycles. The van der Waals surface area contributed by atoms with E-state index in [1.165, 1.54) is 24.3 Å². The number of carbonyl (C=O) groups is 3. The van der Waals surface area contributed by atoms with E-state index in [1.807, 2.05) is 0 Å². The van der Waals surface area contributed by atoms with Crippen LogP contribution in [0.2, 0.25) is 0 Å². The highest BCUT2D eigenvalue weighted by Gasteiger charge is 2.39. The first kappa shape index (κ1) is 16.8. The van der Waals surface area contributed by atoms with Gasteiger partial charge in [-0.15, -0.1) is 0 Å². The molecule has 0 radical (unpaired) electrons. The SMILES string of the molecule is Cc1ccc(S(C)(=O)=O)cc1C(=O)ON1C(=O)c2ccccc2C1=O. The zero-order valence-electron chi connectivity index (χ0n) is 13.3. The van der Waals surface area contributed by atoms with Crippen molar-refractivity contribution in [2.75, 3.05) is 6.26 Å². The average molecular weight is 359 g/mol. The fourth-order valence-corrected chi connectivity index (χ4v) is 3.08. The van der Waals surface area contributed by atoms with Gasteiger partial charge in [0.25, 0.3) is 11.8 Å².